The van der Waals surface area contributed by atoms with Crippen LogP contribution < -0.4 is 5.32 Å². The van der Waals surface area contributed by atoms with Gasteiger partial charge < -0.3 is 5.32 Å². The van der Waals surface area contributed by atoms with Gasteiger partial charge in [0.1, 0.15) is 0 Å². The summed E-state index contributed by atoms with van der Waals surface area (Å²) in [4.78, 5) is 0. The lowest BCUT2D eigenvalue weighted by Crippen LogP contribution is -2.09. The minimum absolute atomic E-state index is 0.0982. The number of benzene rings is 2. The summed E-state index contributed by atoms with van der Waals surface area (Å²) < 4.78 is 0. The van der Waals surface area contributed by atoms with Crippen molar-refractivity contribution in [2.75, 3.05) is 5.32 Å². The van der Waals surface area contributed by atoms with Gasteiger partial charge in [0.15, 0.2) is 0 Å². The summed E-state index contributed by atoms with van der Waals surface area (Å²) in [5.74, 6) is 0.473. The fourth-order valence-corrected chi connectivity index (χ4v) is 2.75. The smallest absolute Gasteiger partial charge is 0.0501 e. The van der Waals surface area contributed by atoms with E-state index < -0.39 is 0 Å². The van der Waals surface area contributed by atoms with Crippen molar-refractivity contribution in [3.8, 4) is 0 Å². The van der Waals surface area contributed by atoms with E-state index in [1.54, 1.807) is 0 Å². The van der Waals surface area contributed by atoms with Crippen molar-refractivity contribution in [2.45, 2.75) is 32.7 Å². The summed E-state index contributed by atoms with van der Waals surface area (Å²) in [6.07, 6.45) is 0. The number of halogens is 2. The van der Waals surface area contributed by atoms with Crippen LogP contribution in [0.15, 0.2) is 42.5 Å². The van der Waals surface area contributed by atoms with E-state index in [0.29, 0.717) is 10.9 Å². The SMILES string of the molecule is CC(C)c1ccccc1NC(C)c1cc(Cl)ccc1Cl. The molecule has 1 atom stereocenters. The highest BCUT2D eigenvalue weighted by atomic mass is 35.5. The Morgan fingerprint density at radius 2 is 1.60 bits per heavy atom. The highest BCUT2D eigenvalue weighted by Gasteiger charge is 2.13. The number of anilines is 1. The number of rotatable bonds is 4. The Morgan fingerprint density at radius 3 is 2.30 bits per heavy atom. The Balaban J connectivity index is 2.28. The topological polar surface area (TPSA) is 12.0 Å². The second-order valence-electron chi connectivity index (χ2n) is 5.27. The van der Waals surface area contributed by atoms with Crippen LogP contribution in [0, 0.1) is 0 Å². The molecule has 0 saturated carbocycles. The Hall–Kier alpha value is -1.18. The molecule has 2 aromatic rings. The van der Waals surface area contributed by atoms with Crippen molar-refractivity contribution in [3.05, 3.63) is 63.6 Å². The zero-order valence-corrected chi connectivity index (χ0v) is 13.5. The van der Waals surface area contributed by atoms with Gasteiger partial charge in [-0.2, -0.15) is 0 Å². The van der Waals surface area contributed by atoms with Gasteiger partial charge in [0.25, 0.3) is 0 Å². The molecule has 0 heterocycles. The molecule has 2 rings (SSSR count). The molecule has 0 aliphatic rings. The number of hydrogen-bond donors (Lipinski definition) is 1. The lowest BCUT2D eigenvalue weighted by molar-refractivity contribution is 0.841. The summed E-state index contributed by atoms with van der Waals surface area (Å²) in [6, 6.07) is 14.0. The monoisotopic (exact) mass is 307 g/mol. The lowest BCUT2D eigenvalue weighted by Gasteiger charge is -2.21. The van der Waals surface area contributed by atoms with E-state index in [0.717, 1.165) is 16.3 Å². The van der Waals surface area contributed by atoms with Gasteiger partial charge in [-0.15, -0.1) is 0 Å². The molecule has 0 fully saturated rings. The molecule has 0 aliphatic carbocycles. The largest absolute Gasteiger partial charge is 0.378 e. The van der Waals surface area contributed by atoms with Crippen LogP contribution in [0.2, 0.25) is 10.0 Å². The first-order chi connectivity index (χ1) is 9.49. The number of para-hydroxylation sites is 1. The second-order valence-corrected chi connectivity index (χ2v) is 6.12. The Morgan fingerprint density at radius 1 is 0.900 bits per heavy atom. The molecule has 0 bridgehead atoms. The van der Waals surface area contributed by atoms with Crippen LogP contribution in [0.5, 0.6) is 0 Å². The van der Waals surface area contributed by atoms with Crippen LogP contribution in [-0.2, 0) is 0 Å². The van der Waals surface area contributed by atoms with E-state index in [2.05, 4.69) is 44.3 Å². The molecule has 20 heavy (non-hydrogen) atoms. The van der Waals surface area contributed by atoms with Gasteiger partial charge in [0.2, 0.25) is 0 Å². The van der Waals surface area contributed by atoms with Crippen LogP contribution in [0.3, 0.4) is 0 Å². The van der Waals surface area contributed by atoms with Crippen LogP contribution >= 0.6 is 23.2 Å². The first kappa shape index (κ1) is 15.2. The van der Waals surface area contributed by atoms with Crippen molar-refractivity contribution in [1.29, 1.82) is 0 Å². The summed E-state index contributed by atoms with van der Waals surface area (Å²) in [7, 11) is 0. The Labute approximate surface area is 130 Å². The number of hydrogen-bond acceptors (Lipinski definition) is 1. The van der Waals surface area contributed by atoms with Crippen molar-refractivity contribution >= 4 is 28.9 Å². The van der Waals surface area contributed by atoms with E-state index in [-0.39, 0.29) is 6.04 Å². The quantitative estimate of drug-likeness (QED) is 0.700. The molecular weight excluding hydrogens is 289 g/mol. The highest BCUT2D eigenvalue weighted by molar-refractivity contribution is 6.33. The normalized spacial score (nSPS) is 12.5. The average molecular weight is 308 g/mol. The lowest BCUT2D eigenvalue weighted by atomic mass is 10.00. The first-order valence-corrected chi connectivity index (χ1v) is 7.55. The fraction of sp³-hybridized carbons (Fsp3) is 0.294. The summed E-state index contributed by atoms with van der Waals surface area (Å²) in [5, 5.41) is 4.97. The third-order valence-corrected chi connectivity index (χ3v) is 3.96. The van der Waals surface area contributed by atoms with Crippen molar-refractivity contribution < 1.29 is 0 Å². The summed E-state index contributed by atoms with van der Waals surface area (Å²) in [6.45, 7) is 6.48. The Bertz CT molecular complexity index is 593. The molecule has 2 aromatic carbocycles. The van der Waals surface area contributed by atoms with Crippen LogP contribution in [0.1, 0.15) is 43.9 Å². The molecule has 0 amide bonds. The van der Waals surface area contributed by atoms with Gasteiger partial charge >= 0.3 is 0 Å². The second kappa shape index (κ2) is 6.51. The zero-order valence-electron chi connectivity index (χ0n) is 12.0. The molecule has 0 spiro atoms. The van der Waals surface area contributed by atoms with Crippen LogP contribution in [0.25, 0.3) is 0 Å². The van der Waals surface area contributed by atoms with Crippen molar-refractivity contribution in [1.82, 2.24) is 0 Å². The third kappa shape index (κ3) is 3.47. The Kier molecular flexibility index (Phi) is 4.95. The van der Waals surface area contributed by atoms with Crippen molar-refractivity contribution in [2.24, 2.45) is 0 Å². The summed E-state index contributed by atoms with van der Waals surface area (Å²) in [5.41, 5.74) is 3.46. The fourth-order valence-electron chi connectivity index (χ4n) is 2.29. The maximum absolute atomic E-state index is 6.26. The van der Waals surface area contributed by atoms with Gasteiger partial charge in [0, 0.05) is 15.7 Å². The molecule has 0 saturated heterocycles. The van der Waals surface area contributed by atoms with Gasteiger partial charge in [-0.3, -0.25) is 0 Å². The van der Waals surface area contributed by atoms with Gasteiger partial charge in [0.05, 0.1) is 6.04 Å². The maximum atomic E-state index is 6.26. The molecule has 0 radical (unpaired) electrons. The van der Waals surface area contributed by atoms with E-state index in [1.165, 1.54) is 5.56 Å². The molecule has 0 aliphatic heterocycles. The van der Waals surface area contributed by atoms with Crippen molar-refractivity contribution in [3.63, 3.8) is 0 Å². The minimum atomic E-state index is 0.0982. The minimum Gasteiger partial charge on any atom is -0.378 e. The molecular formula is C17H19Cl2N. The average Bonchev–Trinajstić information content (AvgIpc) is 2.41. The van der Waals surface area contributed by atoms with Gasteiger partial charge in [-0.25, -0.2) is 0 Å². The predicted molar refractivity (Wildman–Crippen MR) is 89.0 cm³/mol. The summed E-state index contributed by atoms with van der Waals surface area (Å²) >= 11 is 12.3. The van der Waals surface area contributed by atoms with E-state index in [9.17, 15) is 0 Å². The van der Waals surface area contributed by atoms with E-state index in [1.807, 2.05) is 24.3 Å². The molecule has 106 valence electrons. The first-order valence-electron chi connectivity index (χ1n) is 6.79. The number of nitrogens with one attached hydrogen (secondary N) is 1. The van der Waals surface area contributed by atoms with Crippen LogP contribution in [-0.4, -0.2) is 0 Å². The molecule has 3 heteroatoms. The van der Waals surface area contributed by atoms with Gasteiger partial charge in [-0.05, 0) is 48.2 Å². The van der Waals surface area contributed by atoms with E-state index in [4.69, 9.17) is 23.2 Å². The maximum Gasteiger partial charge on any atom is 0.0501 e. The highest BCUT2D eigenvalue weighted by Crippen LogP contribution is 2.31. The van der Waals surface area contributed by atoms with E-state index >= 15 is 0 Å². The standard InChI is InChI=1S/C17H19Cl2N/c1-11(2)14-6-4-5-7-17(14)20-12(3)15-10-13(18)8-9-16(15)19/h4-12,20H,1-3H3. The molecule has 0 aromatic heterocycles. The molecule has 1 N–H and O–H groups in total. The third-order valence-electron chi connectivity index (χ3n) is 3.38. The van der Waals surface area contributed by atoms with Crippen LogP contribution in [0.4, 0.5) is 5.69 Å². The zero-order chi connectivity index (χ0) is 14.7. The molecule has 1 unspecified atom stereocenters. The molecule has 1 nitrogen and oxygen atoms in total. The predicted octanol–water partition coefficient (Wildman–Crippen LogP) is 6.29. The van der Waals surface area contributed by atoms with Gasteiger partial charge in [-0.1, -0.05) is 55.2 Å².